The van der Waals surface area contributed by atoms with Crippen LogP contribution >= 0.6 is 12.2 Å². The lowest BCUT2D eigenvalue weighted by Gasteiger charge is -2.01. The molecule has 2 rings (SSSR count). The maximum atomic E-state index is 8.68. The molecule has 3 N–H and O–H groups in total. The van der Waals surface area contributed by atoms with Crippen LogP contribution in [0.5, 0.6) is 0 Å². The highest BCUT2D eigenvalue weighted by atomic mass is 32.1. The van der Waals surface area contributed by atoms with Crippen molar-refractivity contribution >= 4 is 28.8 Å². The monoisotopic (exact) mass is 192 g/mol. The smallest absolute Gasteiger partial charge is 0.103 e. The summed E-state index contributed by atoms with van der Waals surface area (Å²) in [5.41, 5.74) is 3.64. The molecule has 0 bridgehead atoms. The lowest BCUT2D eigenvalue weighted by Crippen LogP contribution is -1.89. The van der Waals surface area contributed by atoms with E-state index in [0.29, 0.717) is 10.3 Å². The summed E-state index contributed by atoms with van der Waals surface area (Å²) in [6.07, 6.45) is 0. The summed E-state index contributed by atoms with van der Waals surface area (Å²) in [6.45, 7) is 0. The summed E-state index contributed by atoms with van der Waals surface area (Å²) in [6, 6.07) is 9.27. The van der Waals surface area contributed by atoms with E-state index < -0.39 is 0 Å². The van der Waals surface area contributed by atoms with Crippen molar-refractivity contribution in [3.63, 3.8) is 0 Å². The van der Waals surface area contributed by atoms with Crippen LogP contribution in [0.2, 0.25) is 0 Å². The van der Waals surface area contributed by atoms with E-state index in [2.05, 4.69) is 10.5 Å². The molecule has 0 spiro atoms. The van der Waals surface area contributed by atoms with Gasteiger partial charge in [-0.3, -0.25) is 10.7 Å². The fraction of sp³-hybridized carbons (Fsp3) is 0. The summed E-state index contributed by atoms with van der Waals surface area (Å²) in [4.78, 5) is 3.03. The quantitative estimate of drug-likeness (QED) is 0.481. The average Bonchev–Trinajstić information content (AvgIpc) is 2.16. The van der Waals surface area contributed by atoms with E-state index in [1.165, 1.54) is 0 Å². The summed E-state index contributed by atoms with van der Waals surface area (Å²) in [5.74, 6) is 0. The van der Waals surface area contributed by atoms with Crippen LogP contribution < -0.4 is 5.48 Å². The highest BCUT2D eigenvalue weighted by Gasteiger charge is 1.94. The maximum absolute atomic E-state index is 8.68. The largest absolute Gasteiger partial charge is 0.346 e. The molecule has 0 saturated heterocycles. The average molecular weight is 192 g/mol. The molecular formula is C9H8N2OS. The Bertz CT molecular complexity index is 492. The molecule has 0 aliphatic carbocycles. The summed E-state index contributed by atoms with van der Waals surface area (Å²) >= 11 is 4.98. The Labute approximate surface area is 80.0 Å². The summed E-state index contributed by atoms with van der Waals surface area (Å²) < 4.78 is 0.683. The van der Waals surface area contributed by atoms with Crippen molar-refractivity contribution in [2.75, 3.05) is 5.48 Å². The zero-order chi connectivity index (χ0) is 9.26. The van der Waals surface area contributed by atoms with E-state index in [1.807, 2.05) is 18.2 Å². The van der Waals surface area contributed by atoms with Gasteiger partial charge in [-0.25, -0.2) is 0 Å². The number of aromatic amines is 1. The van der Waals surface area contributed by atoms with E-state index >= 15 is 0 Å². The van der Waals surface area contributed by atoms with Gasteiger partial charge in [0, 0.05) is 5.52 Å². The Hall–Kier alpha value is -1.39. The minimum Gasteiger partial charge on any atom is -0.346 e. The number of nitrogens with one attached hydrogen (secondary N) is 2. The Morgan fingerprint density at radius 3 is 2.77 bits per heavy atom. The molecule has 4 heteroatoms. The Morgan fingerprint density at radius 2 is 2.00 bits per heavy atom. The predicted molar refractivity (Wildman–Crippen MR) is 54.5 cm³/mol. The van der Waals surface area contributed by atoms with Crippen molar-refractivity contribution < 1.29 is 5.21 Å². The number of rotatable bonds is 1. The van der Waals surface area contributed by atoms with Crippen LogP contribution in [0.1, 0.15) is 0 Å². The van der Waals surface area contributed by atoms with Crippen LogP contribution in [0.3, 0.4) is 0 Å². The molecule has 0 aliphatic rings. The van der Waals surface area contributed by atoms with Crippen molar-refractivity contribution in [1.82, 2.24) is 4.98 Å². The molecule has 0 unspecified atom stereocenters. The number of hydrogen-bond acceptors (Lipinski definition) is 3. The highest BCUT2D eigenvalue weighted by Crippen LogP contribution is 2.16. The number of pyridine rings is 1. The molecule has 0 fully saturated rings. The van der Waals surface area contributed by atoms with Crippen molar-refractivity contribution in [2.24, 2.45) is 0 Å². The summed E-state index contributed by atoms with van der Waals surface area (Å²) in [5, 5.41) is 9.74. The van der Waals surface area contributed by atoms with Crippen molar-refractivity contribution in [2.45, 2.75) is 0 Å². The molecule has 2 aromatic rings. The van der Waals surface area contributed by atoms with Gasteiger partial charge < -0.3 is 4.98 Å². The molecule has 3 nitrogen and oxygen atoms in total. The SMILES string of the molecule is ONc1ccc2ccc(=S)[nH]c2c1. The van der Waals surface area contributed by atoms with Crippen molar-refractivity contribution in [3.05, 3.63) is 35.0 Å². The van der Waals surface area contributed by atoms with Gasteiger partial charge in [-0.2, -0.15) is 0 Å². The molecule has 1 aromatic carbocycles. The van der Waals surface area contributed by atoms with Gasteiger partial charge in [0.2, 0.25) is 0 Å². The minimum absolute atomic E-state index is 0.643. The van der Waals surface area contributed by atoms with Gasteiger partial charge >= 0.3 is 0 Å². The van der Waals surface area contributed by atoms with Crippen LogP contribution in [-0.2, 0) is 0 Å². The van der Waals surface area contributed by atoms with Crippen LogP contribution in [0.15, 0.2) is 30.3 Å². The van der Waals surface area contributed by atoms with Crippen LogP contribution in [0.25, 0.3) is 10.9 Å². The molecule has 1 heterocycles. The van der Waals surface area contributed by atoms with Crippen LogP contribution in [-0.4, -0.2) is 10.2 Å². The van der Waals surface area contributed by atoms with E-state index in [9.17, 15) is 0 Å². The van der Waals surface area contributed by atoms with Gasteiger partial charge in [0.1, 0.15) is 4.64 Å². The summed E-state index contributed by atoms with van der Waals surface area (Å²) in [7, 11) is 0. The van der Waals surface area contributed by atoms with E-state index in [0.717, 1.165) is 10.9 Å². The van der Waals surface area contributed by atoms with Gasteiger partial charge in [0.15, 0.2) is 0 Å². The normalized spacial score (nSPS) is 10.2. The van der Waals surface area contributed by atoms with Crippen molar-refractivity contribution in [3.8, 4) is 0 Å². The van der Waals surface area contributed by atoms with Gasteiger partial charge in [-0.1, -0.05) is 18.3 Å². The van der Waals surface area contributed by atoms with Crippen LogP contribution in [0.4, 0.5) is 5.69 Å². The number of hydrogen-bond donors (Lipinski definition) is 3. The third-order valence-electron chi connectivity index (χ3n) is 1.85. The molecule has 66 valence electrons. The molecule has 0 atom stereocenters. The molecule has 0 radical (unpaired) electrons. The third kappa shape index (κ3) is 1.54. The van der Waals surface area contributed by atoms with E-state index in [-0.39, 0.29) is 0 Å². The molecular weight excluding hydrogens is 184 g/mol. The zero-order valence-electron chi connectivity index (χ0n) is 6.74. The Morgan fingerprint density at radius 1 is 1.23 bits per heavy atom. The second-order valence-electron chi connectivity index (χ2n) is 2.74. The molecule has 0 amide bonds. The van der Waals surface area contributed by atoms with Crippen molar-refractivity contribution in [1.29, 1.82) is 0 Å². The Kier molecular flexibility index (Phi) is 2.00. The molecule has 0 aliphatic heterocycles. The van der Waals surface area contributed by atoms with Gasteiger partial charge in [0.05, 0.1) is 5.69 Å². The molecule has 13 heavy (non-hydrogen) atoms. The van der Waals surface area contributed by atoms with Crippen LogP contribution in [0, 0.1) is 4.64 Å². The first kappa shape index (κ1) is 8.22. The number of aromatic nitrogens is 1. The maximum Gasteiger partial charge on any atom is 0.103 e. The first-order valence-electron chi connectivity index (χ1n) is 3.83. The highest BCUT2D eigenvalue weighted by molar-refractivity contribution is 7.71. The number of anilines is 1. The van der Waals surface area contributed by atoms with Gasteiger partial charge in [-0.05, 0) is 29.7 Å². The number of H-pyrrole nitrogens is 1. The minimum atomic E-state index is 0.643. The zero-order valence-corrected chi connectivity index (χ0v) is 7.56. The fourth-order valence-electron chi connectivity index (χ4n) is 1.22. The molecule has 1 aromatic heterocycles. The second-order valence-corrected chi connectivity index (χ2v) is 3.18. The first-order valence-corrected chi connectivity index (χ1v) is 4.23. The van der Waals surface area contributed by atoms with E-state index in [4.69, 9.17) is 17.4 Å². The number of fused-ring (bicyclic) bond motifs is 1. The van der Waals surface area contributed by atoms with Gasteiger partial charge in [0.25, 0.3) is 0 Å². The van der Waals surface area contributed by atoms with Gasteiger partial charge in [-0.15, -0.1) is 0 Å². The number of benzene rings is 1. The fourth-order valence-corrected chi connectivity index (χ4v) is 1.40. The predicted octanol–water partition coefficient (Wildman–Crippen LogP) is 2.70. The lowest BCUT2D eigenvalue weighted by atomic mass is 10.2. The topological polar surface area (TPSA) is 48.0 Å². The third-order valence-corrected chi connectivity index (χ3v) is 2.09. The first-order chi connectivity index (χ1) is 6.29. The standard InChI is InChI=1S/C9H8N2OS/c12-11-7-3-1-6-2-4-9(13)10-8(6)5-7/h1-5,11-12H,(H,10,13). The lowest BCUT2D eigenvalue weighted by molar-refractivity contribution is 0.389. The second kappa shape index (κ2) is 3.16. The van der Waals surface area contributed by atoms with E-state index in [1.54, 1.807) is 12.1 Å². The Balaban J connectivity index is 2.75. The molecule has 0 saturated carbocycles.